The molecule has 0 saturated carbocycles. The van der Waals surface area contributed by atoms with Gasteiger partial charge in [-0.15, -0.1) is 11.3 Å². The van der Waals surface area contributed by atoms with Gasteiger partial charge in [-0.25, -0.2) is 0 Å². The van der Waals surface area contributed by atoms with E-state index in [0.717, 1.165) is 6.42 Å². The van der Waals surface area contributed by atoms with Gasteiger partial charge in [0.1, 0.15) is 5.69 Å². The first-order valence-corrected chi connectivity index (χ1v) is 7.22. The normalized spacial score (nSPS) is 12.2. The van der Waals surface area contributed by atoms with Crippen LogP contribution in [-0.4, -0.2) is 16.9 Å². The van der Waals surface area contributed by atoms with Crippen LogP contribution in [0.5, 0.6) is 0 Å². The summed E-state index contributed by atoms with van der Waals surface area (Å²) in [4.78, 5) is 18.5. The van der Waals surface area contributed by atoms with Gasteiger partial charge in [-0.3, -0.25) is 9.78 Å². The van der Waals surface area contributed by atoms with Crippen LogP contribution in [-0.2, 0) is 6.42 Å². The summed E-state index contributed by atoms with van der Waals surface area (Å²) in [6.45, 7) is 4.06. The Kier molecular flexibility index (Phi) is 4.56. The molecule has 2 aromatic rings. The van der Waals surface area contributed by atoms with E-state index in [1.54, 1.807) is 23.5 Å². The van der Waals surface area contributed by atoms with E-state index in [1.807, 2.05) is 6.92 Å². The largest absolute Gasteiger partial charge is 0.348 e. The molecule has 1 unspecified atom stereocenters. The zero-order valence-corrected chi connectivity index (χ0v) is 12.4. The van der Waals surface area contributed by atoms with Gasteiger partial charge in [0, 0.05) is 33.4 Å². The first-order chi connectivity index (χ1) is 9.04. The van der Waals surface area contributed by atoms with Crippen molar-refractivity contribution in [1.29, 1.82) is 0 Å². The first kappa shape index (κ1) is 14.0. The summed E-state index contributed by atoms with van der Waals surface area (Å²) in [5.41, 5.74) is 0.349. The number of nitrogens with zero attached hydrogens (tertiary/aromatic N) is 1. The van der Waals surface area contributed by atoms with Crippen LogP contribution in [0.1, 0.15) is 27.2 Å². The van der Waals surface area contributed by atoms with Crippen molar-refractivity contribution in [1.82, 2.24) is 10.3 Å². The molecule has 0 aromatic carbocycles. The van der Waals surface area contributed by atoms with E-state index in [0.29, 0.717) is 10.7 Å². The van der Waals surface area contributed by atoms with Crippen molar-refractivity contribution < 1.29 is 4.79 Å². The molecule has 1 atom stereocenters. The number of pyridine rings is 1. The number of hydrogen-bond acceptors (Lipinski definition) is 3. The topological polar surface area (TPSA) is 42.0 Å². The van der Waals surface area contributed by atoms with Crippen molar-refractivity contribution >= 4 is 28.8 Å². The van der Waals surface area contributed by atoms with Crippen LogP contribution in [0.2, 0.25) is 5.02 Å². The minimum absolute atomic E-state index is 0.0614. The third-order valence-electron chi connectivity index (χ3n) is 2.64. The monoisotopic (exact) mass is 294 g/mol. The van der Waals surface area contributed by atoms with Crippen molar-refractivity contribution in [2.45, 2.75) is 26.3 Å². The fourth-order valence-electron chi connectivity index (χ4n) is 1.77. The SMILES string of the molecule is Cc1ccc(CC(C)NC(=O)c2cc(Cl)ccn2)s1. The van der Waals surface area contributed by atoms with Crippen molar-refractivity contribution in [2.75, 3.05) is 0 Å². The van der Waals surface area contributed by atoms with E-state index >= 15 is 0 Å². The summed E-state index contributed by atoms with van der Waals surface area (Å²) < 4.78 is 0. The molecule has 2 rings (SSSR count). The third kappa shape index (κ3) is 4.04. The molecule has 2 aromatic heterocycles. The van der Waals surface area contributed by atoms with Gasteiger partial charge < -0.3 is 5.32 Å². The fourth-order valence-corrected chi connectivity index (χ4v) is 2.95. The summed E-state index contributed by atoms with van der Waals surface area (Å²) in [5, 5.41) is 3.44. The van der Waals surface area contributed by atoms with Crippen molar-refractivity contribution in [3.05, 3.63) is 50.9 Å². The Labute approximate surface area is 121 Å². The van der Waals surface area contributed by atoms with Crippen LogP contribution in [0.4, 0.5) is 0 Å². The van der Waals surface area contributed by atoms with Crippen molar-refractivity contribution in [3.63, 3.8) is 0 Å². The van der Waals surface area contributed by atoms with E-state index in [4.69, 9.17) is 11.6 Å². The number of hydrogen-bond donors (Lipinski definition) is 1. The maximum atomic E-state index is 12.0. The molecular formula is C14H15ClN2OS. The Morgan fingerprint density at radius 1 is 1.47 bits per heavy atom. The molecule has 0 spiro atoms. The number of rotatable bonds is 4. The van der Waals surface area contributed by atoms with Crippen LogP contribution in [0.25, 0.3) is 0 Å². The number of amides is 1. The van der Waals surface area contributed by atoms with E-state index < -0.39 is 0 Å². The van der Waals surface area contributed by atoms with Crippen LogP contribution in [0, 0.1) is 6.92 Å². The molecule has 0 aliphatic carbocycles. The quantitative estimate of drug-likeness (QED) is 0.938. The molecule has 0 bridgehead atoms. The zero-order chi connectivity index (χ0) is 13.8. The highest BCUT2D eigenvalue weighted by Crippen LogP contribution is 2.17. The number of nitrogens with one attached hydrogen (secondary N) is 1. The molecule has 1 amide bonds. The highest BCUT2D eigenvalue weighted by molar-refractivity contribution is 7.11. The van der Waals surface area contributed by atoms with E-state index in [1.165, 1.54) is 16.0 Å². The van der Waals surface area contributed by atoms with Crippen LogP contribution >= 0.6 is 22.9 Å². The predicted molar refractivity (Wildman–Crippen MR) is 78.9 cm³/mol. The van der Waals surface area contributed by atoms with E-state index in [9.17, 15) is 4.79 Å². The minimum atomic E-state index is -0.191. The average molecular weight is 295 g/mol. The standard InChI is InChI=1S/C14H15ClN2OS/c1-9(7-12-4-3-10(2)19-12)17-14(18)13-8-11(15)5-6-16-13/h3-6,8-9H,7H2,1-2H3,(H,17,18). The van der Waals surface area contributed by atoms with Gasteiger partial charge in [0.2, 0.25) is 0 Å². The molecule has 0 aliphatic rings. The number of aromatic nitrogens is 1. The Morgan fingerprint density at radius 2 is 2.26 bits per heavy atom. The zero-order valence-electron chi connectivity index (χ0n) is 10.8. The molecule has 0 saturated heterocycles. The molecule has 5 heteroatoms. The Morgan fingerprint density at radius 3 is 2.89 bits per heavy atom. The van der Waals surface area contributed by atoms with Crippen LogP contribution < -0.4 is 5.32 Å². The molecule has 0 radical (unpaired) electrons. The number of halogens is 1. The summed E-state index contributed by atoms with van der Waals surface area (Å²) in [6, 6.07) is 7.47. The second kappa shape index (κ2) is 6.17. The highest BCUT2D eigenvalue weighted by Gasteiger charge is 2.12. The fraction of sp³-hybridized carbons (Fsp3) is 0.286. The smallest absolute Gasteiger partial charge is 0.270 e. The molecule has 19 heavy (non-hydrogen) atoms. The van der Waals surface area contributed by atoms with Gasteiger partial charge in [-0.1, -0.05) is 11.6 Å². The molecule has 0 aliphatic heterocycles. The Balaban J connectivity index is 1.95. The third-order valence-corrected chi connectivity index (χ3v) is 3.89. The molecule has 0 fully saturated rings. The van der Waals surface area contributed by atoms with Crippen molar-refractivity contribution in [3.8, 4) is 0 Å². The lowest BCUT2D eigenvalue weighted by Gasteiger charge is -2.12. The van der Waals surface area contributed by atoms with Gasteiger partial charge in [0.15, 0.2) is 0 Å². The minimum Gasteiger partial charge on any atom is -0.348 e. The molecule has 100 valence electrons. The van der Waals surface area contributed by atoms with Crippen molar-refractivity contribution in [2.24, 2.45) is 0 Å². The lowest BCUT2D eigenvalue weighted by Crippen LogP contribution is -2.34. The Bertz CT molecular complexity index is 582. The van der Waals surface area contributed by atoms with Crippen LogP contribution in [0.3, 0.4) is 0 Å². The van der Waals surface area contributed by atoms with Gasteiger partial charge in [-0.05, 0) is 38.1 Å². The molecule has 3 nitrogen and oxygen atoms in total. The maximum absolute atomic E-state index is 12.0. The highest BCUT2D eigenvalue weighted by atomic mass is 35.5. The lowest BCUT2D eigenvalue weighted by molar-refractivity contribution is 0.0935. The first-order valence-electron chi connectivity index (χ1n) is 6.02. The summed E-state index contributed by atoms with van der Waals surface area (Å²) >= 11 is 7.59. The summed E-state index contributed by atoms with van der Waals surface area (Å²) in [6.07, 6.45) is 2.36. The van der Waals surface area contributed by atoms with Crippen LogP contribution in [0.15, 0.2) is 30.5 Å². The lowest BCUT2D eigenvalue weighted by atomic mass is 10.2. The molecule has 2 heterocycles. The van der Waals surface area contributed by atoms with Gasteiger partial charge in [0.05, 0.1) is 0 Å². The van der Waals surface area contributed by atoms with Gasteiger partial charge in [0.25, 0.3) is 5.91 Å². The summed E-state index contributed by atoms with van der Waals surface area (Å²) in [7, 11) is 0. The maximum Gasteiger partial charge on any atom is 0.270 e. The Hall–Kier alpha value is -1.39. The van der Waals surface area contributed by atoms with E-state index in [2.05, 4.69) is 29.4 Å². The average Bonchev–Trinajstić information content (AvgIpc) is 2.74. The number of carbonyl (C=O) groups is 1. The van der Waals surface area contributed by atoms with Gasteiger partial charge >= 0.3 is 0 Å². The second-order valence-electron chi connectivity index (χ2n) is 4.45. The van der Waals surface area contributed by atoms with E-state index in [-0.39, 0.29) is 11.9 Å². The summed E-state index contributed by atoms with van der Waals surface area (Å²) in [5.74, 6) is -0.191. The second-order valence-corrected chi connectivity index (χ2v) is 6.26. The predicted octanol–water partition coefficient (Wildman–Crippen LogP) is 3.47. The molecular weight excluding hydrogens is 280 g/mol. The van der Waals surface area contributed by atoms with Gasteiger partial charge in [-0.2, -0.15) is 0 Å². The number of aryl methyl sites for hydroxylation is 1. The molecule has 1 N–H and O–H groups in total. The number of carbonyl (C=O) groups excluding carboxylic acids is 1. The number of thiophene rings is 1.